The van der Waals surface area contributed by atoms with Crippen molar-refractivity contribution in [1.82, 2.24) is 0 Å². The van der Waals surface area contributed by atoms with Crippen LogP contribution in [0.2, 0.25) is 0 Å². The van der Waals surface area contributed by atoms with Crippen molar-refractivity contribution in [3.8, 4) is 0 Å². The van der Waals surface area contributed by atoms with Gasteiger partial charge in [-0.2, -0.15) is 0 Å². The van der Waals surface area contributed by atoms with Crippen LogP contribution in [0.3, 0.4) is 0 Å². The first-order valence-corrected chi connectivity index (χ1v) is 28.0. The minimum Gasteiger partial charge on any atom is -0.462 e. The molecular weight excluding hydrogens is 793 g/mol. The normalized spacial score (nSPS) is 12.2. The van der Waals surface area contributed by atoms with Crippen LogP contribution < -0.4 is 0 Å². The first-order valence-electron chi connectivity index (χ1n) is 28.0. The summed E-state index contributed by atoms with van der Waals surface area (Å²) in [5.74, 6) is -0.885. The Kier molecular flexibility index (Phi) is 51.3. The van der Waals surface area contributed by atoms with Crippen LogP contribution >= 0.6 is 0 Å². The van der Waals surface area contributed by atoms with Crippen LogP contribution in [-0.2, 0) is 28.6 Å². The molecule has 0 saturated heterocycles. The van der Waals surface area contributed by atoms with Crippen LogP contribution in [-0.4, -0.2) is 37.2 Å². The van der Waals surface area contributed by atoms with Gasteiger partial charge >= 0.3 is 17.9 Å². The zero-order chi connectivity index (χ0) is 46.5. The van der Waals surface area contributed by atoms with Gasteiger partial charge in [0, 0.05) is 19.3 Å². The highest BCUT2D eigenvalue weighted by Crippen LogP contribution is 2.16. The van der Waals surface area contributed by atoms with Crippen LogP contribution in [0.1, 0.15) is 297 Å². The molecule has 0 aliphatic rings. The van der Waals surface area contributed by atoms with Crippen molar-refractivity contribution in [2.75, 3.05) is 13.2 Å². The van der Waals surface area contributed by atoms with E-state index in [1.807, 2.05) is 0 Å². The van der Waals surface area contributed by atoms with E-state index in [0.717, 1.165) is 83.5 Å². The van der Waals surface area contributed by atoms with E-state index >= 15 is 0 Å². The lowest BCUT2D eigenvalue weighted by molar-refractivity contribution is -0.167. The second kappa shape index (κ2) is 53.2. The molecule has 0 aromatic rings. The molecule has 0 aliphatic carbocycles. The largest absolute Gasteiger partial charge is 0.462 e. The van der Waals surface area contributed by atoms with E-state index in [0.29, 0.717) is 19.3 Å². The molecule has 0 radical (unpaired) electrons. The Bertz CT molecular complexity index is 1080. The van der Waals surface area contributed by atoms with Gasteiger partial charge in [-0.3, -0.25) is 14.4 Å². The molecule has 0 aromatic carbocycles. The third-order valence-corrected chi connectivity index (χ3v) is 12.4. The number of carbonyl (C=O) groups excluding carboxylic acids is 3. The molecule has 0 bridgehead atoms. The summed E-state index contributed by atoms with van der Waals surface area (Å²) in [6, 6.07) is 0. The van der Waals surface area contributed by atoms with Crippen LogP contribution in [0.15, 0.2) is 36.5 Å². The Morgan fingerprint density at radius 1 is 0.312 bits per heavy atom. The predicted molar refractivity (Wildman–Crippen MR) is 275 cm³/mol. The maximum atomic E-state index is 12.8. The molecule has 0 saturated carbocycles. The van der Waals surface area contributed by atoms with Gasteiger partial charge in [-0.05, 0) is 57.8 Å². The molecule has 0 aliphatic heterocycles. The Morgan fingerprint density at radius 3 is 0.906 bits per heavy atom. The number of esters is 3. The van der Waals surface area contributed by atoms with Crippen molar-refractivity contribution in [2.45, 2.75) is 303 Å². The van der Waals surface area contributed by atoms with Gasteiger partial charge in [0.1, 0.15) is 13.2 Å². The van der Waals surface area contributed by atoms with Crippen molar-refractivity contribution in [3.05, 3.63) is 36.5 Å². The minimum absolute atomic E-state index is 0.0769. The average molecular weight is 899 g/mol. The monoisotopic (exact) mass is 899 g/mol. The number of ether oxygens (including phenoxy) is 3. The molecule has 6 heteroatoms. The molecular formula is C58H106O6. The summed E-state index contributed by atoms with van der Waals surface area (Å²) in [4.78, 5) is 38.0. The molecule has 0 amide bonds. The van der Waals surface area contributed by atoms with Gasteiger partial charge < -0.3 is 14.2 Å². The Morgan fingerprint density at radius 2 is 0.562 bits per heavy atom. The number of unbranched alkanes of at least 4 members (excludes halogenated alkanes) is 34. The van der Waals surface area contributed by atoms with Gasteiger partial charge in [-0.25, -0.2) is 0 Å². The van der Waals surface area contributed by atoms with Crippen molar-refractivity contribution in [3.63, 3.8) is 0 Å². The first kappa shape index (κ1) is 61.6. The highest BCUT2D eigenvalue weighted by Gasteiger charge is 2.19. The zero-order valence-corrected chi connectivity index (χ0v) is 42.8. The number of allylic oxidation sites excluding steroid dienone is 6. The quantitative estimate of drug-likeness (QED) is 0.0262. The minimum atomic E-state index is -0.779. The fourth-order valence-corrected chi connectivity index (χ4v) is 8.16. The SMILES string of the molecule is CCCCC/C=C\C/C=C\C/C=C\CCCCCCC(=O)O[C@H](COC(=O)CCCCCCCCCCCC)COC(=O)CCCCCCCCCCCCCCCCCCCCC. The second-order valence-electron chi connectivity index (χ2n) is 18.9. The molecule has 64 heavy (non-hydrogen) atoms. The van der Waals surface area contributed by atoms with Gasteiger partial charge in [0.05, 0.1) is 0 Å². The molecule has 0 unspecified atom stereocenters. The zero-order valence-electron chi connectivity index (χ0n) is 42.8. The smallest absolute Gasteiger partial charge is 0.306 e. The summed E-state index contributed by atoms with van der Waals surface area (Å²) >= 11 is 0. The van der Waals surface area contributed by atoms with E-state index in [4.69, 9.17) is 14.2 Å². The maximum absolute atomic E-state index is 12.8. The average Bonchev–Trinajstić information content (AvgIpc) is 3.29. The highest BCUT2D eigenvalue weighted by molar-refractivity contribution is 5.71. The number of hydrogen-bond acceptors (Lipinski definition) is 6. The van der Waals surface area contributed by atoms with Crippen molar-refractivity contribution in [2.24, 2.45) is 0 Å². The van der Waals surface area contributed by atoms with Crippen molar-refractivity contribution < 1.29 is 28.6 Å². The van der Waals surface area contributed by atoms with E-state index in [9.17, 15) is 14.4 Å². The van der Waals surface area contributed by atoms with E-state index in [-0.39, 0.29) is 31.1 Å². The van der Waals surface area contributed by atoms with Crippen LogP contribution in [0.25, 0.3) is 0 Å². The lowest BCUT2D eigenvalue weighted by Gasteiger charge is -2.18. The molecule has 0 aromatic heterocycles. The maximum Gasteiger partial charge on any atom is 0.306 e. The van der Waals surface area contributed by atoms with Crippen molar-refractivity contribution in [1.29, 1.82) is 0 Å². The molecule has 0 heterocycles. The first-order chi connectivity index (χ1) is 31.5. The Balaban J connectivity index is 4.31. The van der Waals surface area contributed by atoms with Crippen LogP contribution in [0.4, 0.5) is 0 Å². The van der Waals surface area contributed by atoms with E-state index in [2.05, 4.69) is 57.2 Å². The second-order valence-corrected chi connectivity index (χ2v) is 18.9. The third-order valence-electron chi connectivity index (χ3n) is 12.4. The highest BCUT2D eigenvalue weighted by atomic mass is 16.6. The molecule has 1 atom stereocenters. The summed E-state index contributed by atoms with van der Waals surface area (Å²) in [6.45, 7) is 6.62. The predicted octanol–water partition coefficient (Wildman–Crippen LogP) is 18.5. The van der Waals surface area contributed by atoms with Gasteiger partial charge in [-0.15, -0.1) is 0 Å². The van der Waals surface area contributed by atoms with Gasteiger partial charge in [0.2, 0.25) is 0 Å². The number of hydrogen-bond donors (Lipinski definition) is 0. The molecule has 0 N–H and O–H groups in total. The van der Waals surface area contributed by atoms with Crippen LogP contribution in [0, 0.1) is 0 Å². The molecule has 0 spiro atoms. The summed E-state index contributed by atoms with van der Waals surface area (Å²) in [5, 5.41) is 0. The van der Waals surface area contributed by atoms with E-state index < -0.39 is 6.10 Å². The molecule has 0 fully saturated rings. The molecule has 0 rings (SSSR count). The van der Waals surface area contributed by atoms with Crippen molar-refractivity contribution >= 4 is 17.9 Å². The summed E-state index contributed by atoms with van der Waals surface area (Å²) in [7, 11) is 0. The van der Waals surface area contributed by atoms with Crippen LogP contribution in [0.5, 0.6) is 0 Å². The fraction of sp³-hybridized carbons (Fsp3) is 0.845. The summed E-state index contributed by atoms with van der Waals surface area (Å²) in [6.07, 6.45) is 62.8. The van der Waals surface area contributed by atoms with E-state index in [1.165, 1.54) is 173 Å². The molecule has 374 valence electrons. The molecule has 6 nitrogen and oxygen atoms in total. The summed E-state index contributed by atoms with van der Waals surface area (Å²) < 4.78 is 16.8. The number of rotatable bonds is 51. The third kappa shape index (κ3) is 50.6. The van der Waals surface area contributed by atoms with Gasteiger partial charge in [0.15, 0.2) is 6.10 Å². The summed E-state index contributed by atoms with van der Waals surface area (Å²) in [5.41, 5.74) is 0. The van der Waals surface area contributed by atoms with Gasteiger partial charge in [0.25, 0.3) is 0 Å². The standard InChI is InChI=1S/C58H106O6/c1-4-7-10-13-16-19-22-24-26-28-29-31-32-34-36-39-42-45-48-51-57(60)63-54-55(53-62-56(59)50-47-44-41-38-21-18-15-12-9-6-3)64-58(61)52-49-46-43-40-37-35-33-30-27-25-23-20-17-14-11-8-5-2/h17,20,25,27,33,35,55H,4-16,18-19,21-24,26,28-32,34,36-54H2,1-3H3/b20-17-,27-25-,35-33-/t55-/m1/s1. The lowest BCUT2D eigenvalue weighted by Crippen LogP contribution is -2.30. The Hall–Kier alpha value is -2.37. The van der Waals surface area contributed by atoms with Gasteiger partial charge in [-0.1, -0.05) is 256 Å². The number of carbonyl (C=O) groups is 3. The topological polar surface area (TPSA) is 78.9 Å². The van der Waals surface area contributed by atoms with E-state index in [1.54, 1.807) is 0 Å². The fourth-order valence-electron chi connectivity index (χ4n) is 8.16. The Labute approximate surface area is 397 Å². The lowest BCUT2D eigenvalue weighted by atomic mass is 10.0.